The van der Waals surface area contributed by atoms with Crippen molar-refractivity contribution < 1.29 is 24.5 Å². The first-order valence-electron chi connectivity index (χ1n) is 7.09. The SMILES string of the molecule is COc1cccc([C@]2(CC(=O)O)CCCC[C@@H]2C(=O)O)c1. The van der Waals surface area contributed by atoms with Gasteiger partial charge in [0.25, 0.3) is 0 Å². The monoisotopic (exact) mass is 292 g/mol. The largest absolute Gasteiger partial charge is 0.497 e. The van der Waals surface area contributed by atoms with Crippen LogP contribution in [0, 0.1) is 5.92 Å². The van der Waals surface area contributed by atoms with Gasteiger partial charge in [-0.3, -0.25) is 9.59 Å². The summed E-state index contributed by atoms with van der Waals surface area (Å²) in [5.41, 5.74) is -0.110. The molecule has 1 aromatic rings. The molecule has 1 aliphatic rings. The fourth-order valence-electron chi connectivity index (χ4n) is 3.46. The lowest BCUT2D eigenvalue weighted by atomic mass is 9.61. The molecular formula is C16H20O5. The quantitative estimate of drug-likeness (QED) is 0.871. The van der Waals surface area contributed by atoms with Crippen LogP contribution in [0.2, 0.25) is 0 Å². The van der Waals surface area contributed by atoms with E-state index in [2.05, 4.69) is 0 Å². The number of carboxylic acid groups (broad SMARTS) is 2. The Balaban J connectivity index is 2.53. The molecule has 21 heavy (non-hydrogen) atoms. The van der Waals surface area contributed by atoms with Crippen LogP contribution in [0.5, 0.6) is 5.75 Å². The third-order valence-electron chi connectivity index (χ3n) is 4.44. The maximum Gasteiger partial charge on any atom is 0.307 e. The van der Waals surface area contributed by atoms with Crippen LogP contribution in [-0.4, -0.2) is 29.3 Å². The Morgan fingerprint density at radius 2 is 2.10 bits per heavy atom. The van der Waals surface area contributed by atoms with E-state index in [0.29, 0.717) is 18.6 Å². The standard InChI is InChI=1S/C16H20O5/c1-21-12-6-4-5-11(9-12)16(10-14(17)18)8-3-2-7-13(16)15(19)20/h4-6,9,13H,2-3,7-8,10H2,1H3,(H,17,18)(H,19,20)/t13-,16-/m1/s1. The number of carboxylic acids is 2. The van der Waals surface area contributed by atoms with Crippen LogP contribution < -0.4 is 4.74 Å². The zero-order chi connectivity index (χ0) is 15.5. The van der Waals surface area contributed by atoms with Crippen molar-refractivity contribution >= 4 is 11.9 Å². The van der Waals surface area contributed by atoms with Crippen molar-refractivity contribution in [2.24, 2.45) is 5.92 Å². The van der Waals surface area contributed by atoms with Crippen LogP contribution in [0.15, 0.2) is 24.3 Å². The van der Waals surface area contributed by atoms with Crippen molar-refractivity contribution in [1.29, 1.82) is 0 Å². The fourth-order valence-corrected chi connectivity index (χ4v) is 3.46. The predicted octanol–water partition coefficient (Wildman–Crippen LogP) is 2.68. The summed E-state index contributed by atoms with van der Waals surface area (Å²) in [7, 11) is 1.54. The minimum Gasteiger partial charge on any atom is -0.497 e. The lowest BCUT2D eigenvalue weighted by Gasteiger charge is -2.41. The third-order valence-corrected chi connectivity index (χ3v) is 4.44. The molecule has 5 heteroatoms. The van der Waals surface area contributed by atoms with Gasteiger partial charge in [0.05, 0.1) is 19.4 Å². The topological polar surface area (TPSA) is 83.8 Å². The van der Waals surface area contributed by atoms with E-state index in [4.69, 9.17) is 4.74 Å². The summed E-state index contributed by atoms with van der Waals surface area (Å²) in [5.74, 6) is -1.94. The average Bonchev–Trinajstić information content (AvgIpc) is 2.47. The number of rotatable bonds is 5. The number of hydrogen-bond acceptors (Lipinski definition) is 3. The van der Waals surface area contributed by atoms with Crippen LogP contribution in [0.3, 0.4) is 0 Å². The van der Waals surface area contributed by atoms with Crippen LogP contribution in [-0.2, 0) is 15.0 Å². The van der Waals surface area contributed by atoms with Crippen molar-refractivity contribution in [3.05, 3.63) is 29.8 Å². The van der Waals surface area contributed by atoms with Crippen molar-refractivity contribution in [2.45, 2.75) is 37.5 Å². The van der Waals surface area contributed by atoms with Gasteiger partial charge in [0.1, 0.15) is 5.75 Å². The Hall–Kier alpha value is -2.04. The first kappa shape index (κ1) is 15.4. The summed E-state index contributed by atoms with van der Waals surface area (Å²) in [6, 6.07) is 7.14. The number of methoxy groups -OCH3 is 1. The van der Waals surface area contributed by atoms with Gasteiger partial charge in [-0.2, -0.15) is 0 Å². The average molecular weight is 292 g/mol. The molecule has 1 fully saturated rings. The highest BCUT2D eigenvalue weighted by Crippen LogP contribution is 2.47. The zero-order valence-corrected chi connectivity index (χ0v) is 12.0. The molecule has 1 aliphatic carbocycles. The second-order valence-electron chi connectivity index (χ2n) is 5.60. The van der Waals surface area contributed by atoms with Gasteiger partial charge in [0.2, 0.25) is 0 Å². The van der Waals surface area contributed by atoms with Crippen LogP contribution in [0.4, 0.5) is 0 Å². The normalized spacial score (nSPS) is 25.3. The van der Waals surface area contributed by atoms with E-state index in [0.717, 1.165) is 18.4 Å². The molecule has 1 aromatic carbocycles. The molecule has 0 unspecified atom stereocenters. The second kappa shape index (κ2) is 6.16. The van der Waals surface area contributed by atoms with Gasteiger partial charge in [-0.15, -0.1) is 0 Å². The van der Waals surface area contributed by atoms with Gasteiger partial charge in [-0.1, -0.05) is 25.0 Å². The number of benzene rings is 1. The smallest absolute Gasteiger partial charge is 0.307 e. The Bertz CT molecular complexity index is 539. The van der Waals surface area contributed by atoms with E-state index < -0.39 is 23.3 Å². The molecule has 0 aromatic heterocycles. The Kier molecular flexibility index (Phi) is 4.50. The fraction of sp³-hybridized carbons (Fsp3) is 0.500. The van der Waals surface area contributed by atoms with E-state index in [1.165, 1.54) is 0 Å². The highest BCUT2D eigenvalue weighted by Gasteiger charge is 2.47. The molecule has 0 bridgehead atoms. The summed E-state index contributed by atoms with van der Waals surface area (Å²) in [6.45, 7) is 0. The van der Waals surface area contributed by atoms with E-state index >= 15 is 0 Å². The minimum atomic E-state index is -0.967. The third kappa shape index (κ3) is 3.01. The molecule has 114 valence electrons. The summed E-state index contributed by atoms with van der Waals surface area (Å²) < 4.78 is 5.20. The first-order valence-corrected chi connectivity index (χ1v) is 7.09. The summed E-state index contributed by atoms with van der Waals surface area (Å²) in [5, 5.41) is 18.8. The van der Waals surface area contributed by atoms with Gasteiger partial charge in [-0.25, -0.2) is 0 Å². The lowest BCUT2D eigenvalue weighted by molar-refractivity contribution is -0.148. The van der Waals surface area contributed by atoms with Crippen molar-refractivity contribution in [2.75, 3.05) is 7.11 Å². The molecule has 0 saturated heterocycles. The molecule has 0 radical (unpaired) electrons. The van der Waals surface area contributed by atoms with Gasteiger partial charge in [0, 0.05) is 5.41 Å². The number of carbonyl (C=O) groups is 2. The van der Waals surface area contributed by atoms with E-state index in [1.807, 2.05) is 6.07 Å². The molecule has 1 saturated carbocycles. The Morgan fingerprint density at radius 3 is 2.71 bits per heavy atom. The highest BCUT2D eigenvalue weighted by atomic mass is 16.5. The van der Waals surface area contributed by atoms with Crippen molar-refractivity contribution in [3.63, 3.8) is 0 Å². The number of aliphatic carboxylic acids is 2. The Morgan fingerprint density at radius 1 is 1.33 bits per heavy atom. The molecule has 0 spiro atoms. The molecule has 0 amide bonds. The lowest BCUT2D eigenvalue weighted by Crippen LogP contribution is -2.44. The van der Waals surface area contributed by atoms with Gasteiger partial charge < -0.3 is 14.9 Å². The molecule has 5 nitrogen and oxygen atoms in total. The van der Waals surface area contributed by atoms with Crippen LogP contribution in [0.25, 0.3) is 0 Å². The minimum absolute atomic E-state index is 0.170. The predicted molar refractivity (Wildman–Crippen MR) is 76.5 cm³/mol. The van der Waals surface area contributed by atoms with Gasteiger partial charge in [0.15, 0.2) is 0 Å². The zero-order valence-electron chi connectivity index (χ0n) is 12.0. The maximum absolute atomic E-state index is 11.7. The van der Waals surface area contributed by atoms with E-state index in [1.54, 1.807) is 25.3 Å². The summed E-state index contributed by atoms with van der Waals surface area (Å²) in [6.07, 6.45) is 2.58. The molecule has 0 aliphatic heterocycles. The summed E-state index contributed by atoms with van der Waals surface area (Å²) >= 11 is 0. The number of ether oxygens (including phenoxy) is 1. The van der Waals surface area contributed by atoms with E-state index in [-0.39, 0.29) is 6.42 Å². The molecule has 2 atom stereocenters. The molecule has 2 N–H and O–H groups in total. The maximum atomic E-state index is 11.7. The van der Waals surface area contributed by atoms with Crippen LogP contribution >= 0.6 is 0 Å². The first-order chi connectivity index (χ1) is 9.99. The molecular weight excluding hydrogens is 272 g/mol. The van der Waals surface area contributed by atoms with Crippen molar-refractivity contribution in [3.8, 4) is 5.75 Å². The molecule has 0 heterocycles. The van der Waals surface area contributed by atoms with Gasteiger partial charge >= 0.3 is 11.9 Å². The van der Waals surface area contributed by atoms with Crippen molar-refractivity contribution in [1.82, 2.24) is 0 Å². The highest BCUT2D eigenvalue weighted by molar-refractivity contribution is 5.76. The number of hydrogen-bond donors (Lipinski definition) is 2. The second-order valence-corrected chi connectivity index (χ2v) is 5.60. The van der Waals surface area contributed by atoms with E-state index in [9.17, 15) is 19.8 Å². The molecule has 2 rings (SSSR count). The summed E-state index contributed by atoms with van der Waals surface area (Å²) in [4.78, 5) is 23.0. The van der Waals surface area contributed by atoms with Crippen LogP contribution in [0.1, 0.15) is 37.7 Å². The Labute approximate surface area is 123 Å². The van der Waals surface area contributed by atoms with Gasteiger partial charge in [-0.05, 0) is 30.5 Å².